The normalized spacial score (nSPS) is 14.0. The molecule has 7 nitrogen and oxygen atoms in total. The first kappa shape index (κ1) is 27.8. The number of nitrogens with one attached hydrogen (secondary N) is 1. The van der Waals surface area contributed by atoms with Crippen LogP contribution < -0.4 is 10.1 Å². The smallest absolute Gasteiger partial charge is 0.478 e. The number of carbonyl (C=O) groups excluding carboxylic acids is 1. The Morgan fingerprint density at radius 3 is 2.39 bits per heavy atom. The molecule has 0 unspecified atom stereocenters. The minimum atomic E-state index is -4.94. The van der Waals surface area contributed by atoms with E-state index in [0.29, 0.717) is 6.54 Å². The molecule has 1 aromatic heterocycles. The highest BCUT2D eigenvalue weighted by Crippen LogP contribution is 2.50. The summed E-state index contributed by atoms with van der Waals surface area (Å²) in [6, 6.07) is 11.1. The Hall–Kier alpha value is -4.74. The molecule has 0 saturated heterocycles. The van der Waals surface area contributed by atoms with Gasteiger partial charge in [-0.3, -0.25) is 9.48 Å². The van der Waals surface area contributed by atoms with Crippen LogP contribution in [0.4, 0.5) is 27.6 Å². The van der Waals surface area contributed by atoms with Crippen LogP contribution in [0.2, 0.25) is 0 Å². The van der Waals surface area contributed by atoms with Crippen molar-refractivity contribution in [3.63, 3.8) is 0 Å². The summed E-state index contributed by atoms with van der Waals surface area (Å²) in [5.74, 6) is -4.31. The molecule has 0 aliphatic heterocycles. The summed E-state index contributed by atoms with van der Waals surface area (Å²) in [6.45, 7) is 2.31. The fourth-order valence-electron chi connectivity index (χ4n) is 4.79. The maximum Gasteiger partial charge on any atom is 0.573 e. The number of hydrogen-bond donors (Lipinski definition) is 2. The third kappa shape index (κ3) is 5.49. The van der Waals surface area contributed by atoms with Crippen molar-refractivity contribution in [1.29, 1.82) is 0 Å². The van der Waals surface area contributed by atoms with E-state index in [4.69, 9.17) is 0 Å². The van der Waals surface area contributed by atoms with Gasteiger partial charge in [-0.15, -0.1) is 13.2 Å². The number of para-hydroxylation sites is 1. The van der Waals surface area contributed by atoms with E-state index in [1.807, 2.05) is 6.92 Å². The molecule has 2 N–H and O–H groups in total. The molecule has 3 aromatic carbocycles. The maximum atomic E-state index is 15.4. The third-order valence-electron chi connectivity index (χ3n) is 6.92. The largest absolute Gasteiger partial charge is 0.573 e. The molecular weight excluding hydrogens is 549 g/mol. The third-order valence-corrected chi connectivity index (χ3v) is 6.92. The van der Waals surface area contributed by atoms with Crippen molar-refractivity contribution in [2.24, 2.45) is 0 Å². The lowest BCUT2D eigenvalue weighted by atomic mass is 9.91. The van der Waals surface area contributed by atoms with Crippen LogP contribution in [0.3, 0.4) is 0 Å². The Kier molecular flexibility index (Phi) is 7.02. The van der Waals surface area contributed by atoms with Crippen molar-refractivity contribution < 1.29 is 41.4 Å². The number of aromatic carboxylic acids is 1. The zero-order valence-corrected chi connectivity index (χ0v) is 21.4. The summed E-state index contributed by atoms with van der Waals surface area (Å²) in [6.07, 6.45) is -1.59. The van der Waals surface area contributed by atoms with Crippen molar-refractivity contribution in [2.75, 3.05) is 5.32 Å². The lowest BCUT2D eigenvalue weighted by Gasteiger charge is -2.19. The minimum absolute atomic E-state index is 0.00539. The molecule has 1 fully saturated rings. The number of amides is 1. The Bertz CT molecular complexity index is 1660. The number of nitrogens with zero attached hydrogens (tertiary/aromatic N) is 2. The van der Waals surface area contributed by atoms with E-state index < -0.39 is 46.6 Å². The van der Waals surface area contributed by atoms with Gasteiger partial charge in [-0.1, -0.05) is 30.3 Å². The van der Waals surface area contributed by atoms with Gasteiger partial charge in [-0.25, -0.2) is 13.6 Å². The van der Waals surface area contributed by atoms with Gasteiger partial charge in [-0.2, -0.15) is 5.10 Å². The highest BCUT2D eigenvalue weighted by molar-refractivity contribution is 6.03. The van der Waals surface area contributed by atoms with E-state index in [2.05, 4.69) is 15.2 Å². The zero-order valence-electron chi connectivity index (χ0n) is 21.4. The molecule has 12 heteroatoms. The van der Waals surface area contributed by atoms with Crippen molar-refractivity contribution >= 4 is 17.6 Å². The average molecular weight is 572 g/mol. The van der Waals surface area contributed by atoms with Crippen LogP contribution in [0, 0.1) is 11.6 Å². The van der Waals surface area contributed by atoms with E-state index >= 15 is 8.78 Å². The minimum Gasteiger partial charge on any atom is -0.478 e. The predicted octanol–water partition coefficient (Wildman–Crippen LogP) is 6.78. The maximum absolute atomic E-state index is 15.4. The lowest BCUT2D eigenvalue weighted by molar-refractivity contribution is -0.274. The lowest BCUT2D eigenvalue weighted by Crippen LogP contribution is -2.29. The van der Waals surface area contributed by atoms with Gasteiger partial charge in [-0.05, 0) is 49.6 Å². The summed E-state index contributed by atoms with van der Waals surface area (Å²) in [5.41, 5.74) is -1.64. The van der Waals surface area contributed by atoms with Gasteiger partial charge in [0.1, 0.15) is 17.4 Å². The molecule has 0 spiro atoms. The number of rotatable bonds is 8. The van der Waals surface area contributed by atoms with E-state index in [-0.39, 0.29) is 46.3 Å². The number of benzene rings is 3. The average Bonchev–Trinajstić information content (AvgIpc) is 3.58. The monoisotopic (exact) mass is 571 g/mol. The van der Waals surface area contributed by atoms with Gasteiger partial charge >= 0.3 is 12.3 Å². The first-order valence-electron chi connectivity index (χ1n) is 12.5. The number of aryl methyl sites for hydroxylation is 1. The molecule has 0 bridgehead atoms. The van der Waals surface area contributed by atoms with Crippen LogP contribution >= 0.6 is 0 Å². The molecule has 41 heavy (non-hydrogen) atoms. The first-order chi connectivity index (χ1) is 19.4. The summed E-state index contributed by atoms with van der Waals surface area (Å²) in [5, 5.41) is 16.3. The van der Waals surface area contributed by atoms with E-state index in [1.165, 1.54) is 47.4 Å². The molecule has 212 valence electrons. The predicted molar refractivity (Wildman–Crippen MR) is 138 cm³/mol. The molecule has 5 rings (SSSR count). The van der Waals surface area contributed by atoms with Gasteiger partial charge in [0.05, 0.1) is 17.2 Å². The van der Waals surface area contributed by atoms with E-state index in [0.717, 1.165) is 24.3 Å². The Morgan fingerprint density at radius 2 is 1.78 bits per heavy atom. The number of hydrogen-bond acceptors (Lipinski definition) is 4. The summed E-state index contributed by atoms with van der Waals surface area (Å²) in [4.78, 5) is 25.3. The fraction of sp³-hybridized carbons (Fsp3) is 0.207. The number of aromatic nitrogens is 2. The molecule has 4 aromatic rings. The van der Waals surface area contributed by atoms with E-state index in [1.54, 1.807) is 0 Å². The van der Waals surface area contributed by atoms with Crippen LogP contribution in [0.5, 0.6) is 5.75 Å². The highest BCUT2D eigenvalue weighted by atomic mass is 19.4. The number of carboxylic acid groups (broad SMARTS) is 1. The second-order valence-electron chi connectivity index (χ2n) is 9.55. The van der Waals surface area contributed by atoms with Gasteiger partial charge in [0, 0.05) is 40.7 Å². The number of carbonyl (C=O) groups is 2. The second-order valence-corrected chi connectivity index (χ2v) is 9.55. The van der Waals surface area contributed by atoms with E-state index in [9.17, 15) is 27.9 Å². The van der Waals surface area contributed by atoms with Gasteiger partial charge < -0.3 is 15.2 Å². The molecule has 0 atom stereocenters. The molecule has 1 amide bonds. The summed E-state index contributed by atoms with van der Waals surface area (Å²) < 4.78 is 74.6. The molecule has 1 saturated carbocycles. The first-order valence-corrected chi connectivity index (χ1v) is 12.5. The van der Waals surface area contributed by atoms with Crippen LogP contribution in [-0.2, 0) is 16.8 Å². The Balaban J connectivity index is 1.43. The highest BCUT2D eigenvalue weighted by Gasteiger charge is 2.53. The molecule has 1 heterocycles. The van der Waals surface area contributed by atoms with Crippen molar-refractivity contribution in [1.82, 2.24) is 9.78 Å². The number of halogens is 5. The number of carboxylic acids is 1. The number of alkyl halides is 3. The molecule has 1 aliphatic rings. The molecular formula is C29H22F5N3O4. The summed E-state index contributed by atoms with van der Waals surface area (Å²) in [7, 11) is 0. The SMILES string of the molecule is CCn1cc(-c2c(F)cc(NC(=O)C3(c4ccc(-c5ccccc5OC(F)(F)F)cc4F)CC3)cc2C(=O)O)cn1. The fourth-order valence-corrected chi connectivity index (χ4v) is 4.79. The quantitative estimate of drug-likeness (QED) is 0.228. The zero-order chi connectivity index (χ0) is 29.5. The van der Waals surface area contributed by atoms with Gasteiger partial charge in [0.15, 0.2) is 0 Å². The van der Waals surface area contributed by atoms with Crippen molar-refractivity contribution in [3.05, 3.63) is 89.8 Å². The van der Waals surface area contributed by atoms with Crippen LogP contribution in [0.15, 0.2) is 67.0 Å². The Morgan fingerprint density at radius 1 is 1.05 bits per heavy atom. The molecule has 1 aliphatic carbocycles. The molecule has 0 radical (unpaired) electrons. The van der Waals surface area contributed by atoms with Crippen molar-refractivity contribution in [3.8, 4) is 28.0 Å². The van der Waals surface area contributed by atoms with Crippen LogP contribution in [0.25, 0.3) is 22.3 Å². The van der Waals surface area contributed by atoms with Gasteiger partial charge in [0.2, 0.25) is 5.91 Å². The van der Waals surface area contributed by atoms with Crippen molar-refractivity contribution in [2.45, 2.75) is 38.1 Å². The van der Waals surface area contributed by atoms with Gasteiger partial charge in [0.25, 0.3) is 0 Å². The topological polar surface area (TPSA) is 93.5 Å². The number of anilines is 1. The second kappa shape index (κ2) is 10.3. The van der Waals surface area contributed by atoms with Crippen LogP contribution in [-0.4, -0.2) is 33.1 Å². The standard InChI is InChI=1S/C29H22F5N3O4/c1-2-37-15-17(14-35-37)25-20(26(38)39)12-18(13-23(25)31)36-27(40)28(9-10-28)21-8-7-16(11-22(21)30)19-5-3-4-6-24(19)41-29(32,33)34/h3-8,11-15H,2,9-10H2,1H3,(H,36,40)(H,38,39). The number of ether oxygens (including phenoxy) is 1. The van der Waals surface area contributed by atoms with Crippen LogP contribution in [0.1, 0.15) is 35.7 Å². The Labute approximate surface area is 230 Å². The summed E-state index contributed by atoms with van der Waals surface area (Å²) >= 11 is 0.